The van der Waals surface area contributed by atoms with Crippen LogP contribution in [0.4, 0.5) is 0 Å². The zero-order chi connectivity index (χ0) is 27.1. The summed E-state index contributed by atoms with van der Waals surface area (Å²) in [5, 5.41) is 0.612. The number of halogens is 1. The standard InChI is InChI=1S/C29H32ClN5O3S/c1-39(37,38)34-13-8-20(9-14-34)27-24-7-6-22(30)16-21(24)17-26(25-5-2-10-32-28(25)27)29(36)35-12-3-4-23(35)18-33-15-11-31-19-33/h2,5-7,10-11,15-17,19-20,23,27H,3-4,8-9,12-14,18H2,1H3/t23-,27?/m1/s1. The first-order valence-corrected chi connectivity index (χ1v) is 15.7. The topological polar surface area (TPSA) is 88.4 Å². The van der Waals surface area contributed by atoms with E-state index < -0.39 is 10.0 Å². The van der Waals surface area contributed by atoms with Crippen molar-refractivity contribution in [3.8, 4) is 0 Å². The van der Waals surface area contributed by atoms with Crippen molar-refractivity contribution in [2.75, 3.05) is 25.9 Å². The van der Waals surface area contributed by atoms with Crippen LogP contribution in [0.3, 0.4) is 0 Å². The zero-order valence-corrected chi connectivity index (χ0v) is 23.5. The summed E-state index contributed by atoms with van der Waals surface area (Å²) in [5.74, 6) is 0.114. The number of imidazole rings is 1. The van der Waals surface area contributed by atoms with E-state index in [0.717, 1.165) is 48.1 Å². The van der Waals surface area contributed by atoms with E-state index in [2.05, 4.69) is 4.98 Å². The van der Waals surface area contributed by atoms with Crippen LogP contribution >= 0.6 is 11.6 Å². The van der Waals surface area contributed by atoms with Crippen LogP contribution in [-0.2, 0) is 21.4 Å². The molecule has 3 aromatic rings. The van der Waals surface area contributed by atoms with Gasteiger partial charge in [0.25, 0.3) is 5.91 Å². The lowest BCUT2D eigenvalue weighted by molar-refractivity contribution is -0.125. The fraction of sp³-hybridized carbons (Fsp3) is 0.414. The number of carbonyl (C=O) groups is 1. The Hall–Kier alpha value is -3.01. The van der Waals surface area contributed by atoms with Crippen LogP contribution in [0.2, 0.25) is 5.02 Å². The molecule has 0 bridgehead atoms. The highest BCUT2D eigenvalue weighted by atomic mass is 35.5. The highest BCUT2D eigenvalue weighted by Crippen LogP contribution is 2.45. The quantitative estimate of drug-likeness (QED) is 0.461. The largest absolute Gasteiger partial charge is 0.335 e. The maximum atomic E-state index is 14.3. The smallest absolute Gasteiger partial charge is 0.254 e. The molecule has 3 aliphatic rings. The van der Waals surface area contributed by atoms with Gasteiger partial charge in [-0.15, -0.1) is 0 Å². The van der Waals surface area contributed by atoms with E-state index in [1.54, 1.807) is 23.0 Å². The van der Waals surface area contributed by atoms with Crippen molar-refractivity contribution in [2.45, 2.75) is 44.2 Å². The van der Waals surface area contributed by atoms with Gasteiger partial charge in [0.1, 0.15) is 0 Å². The number of hydrogen-bond donors (Lipinski definition) is 0. The van der Waals surface area contributed by atoms with Gasteiger partial charge in [-0.05, 0) is 67.0 Å². The number of fused-ring (bicyclic) bond motifs is 2. The molecule has 10 heteroatoms. The fourth-order valence-corrected chi connectivity index (χ4v) is 7.56. The third-order valence-electron chi connectivity index (χ3n) is 8.40. The Morgan fingerprint density at radius 1 is 1.10 bits per heavy atom. The summed E-state index contributed by atoms with van der Waals surface area (Å²) in [7, 11) is -3.23. The fourth-order valence-electron chi connectivity index (χ4n) is 6.51. The molecule has 39 heavy (non-hydrogen) atoms. The van der Waals surface area contributed by atoms with Crippen LogP contribution < -0.4 is 0 Å². The molecule has 2 atom stereocenters. The van der Waals surface area contributed by atoms with E-state index in [0.29, 0.717) is 36.8 Å². The van der Waals surface area contributed by atoms with Crippen molar-refractivity contribution in [1.29, 1.82) is 0 Å². The van der Waals surface area contributed by atoms with E-state index >= 15 is 0 Å². The van der Waals surface area contributed by atoms with Gasteiger partial charge in [-0.3, -0.25) is 9.78 Å². The van der Waals surface area contributed by atoms with Gasteiger partial charge in [0.15, 0.2) is 0 Å². The van der Waals surface area contributed by atoms with Crippen molar-refractivity contribution in [3.05, 3.63) is 82.7 Å². The summed E-state index contributed by atoms with van der Waals surface area (Å²) in [6.07, 6.45) is 13.9. The van der Waals surface area contributed by atoms with E-state index in [4.69, 9.17) is 16.6 Å². The van der Waals surface area contributed by atoms with Crippen molar-refractivity contribution in [3.63, 3.8) is 0 Å². The van der Waals surface area contributed by atoms with E-state index in [1.165, 1.54) is 6.26 Å². The molecule has 2 fully saturated rings. The first kappa shape index (κ1) is 26.2. The highest BCUT2D eigenvalue weighted by molar-refractivity contribution is 7.88. The Labute approximate surface area is 234 Å². The molecular formula is C29H32ClN5O3S. The summed E-state index contributed by atoms with van der Waals surface area (Å²) in [4.78, 5) is 25.3. The maximum Gasteiger partial charge on any atom is 0.254 e. The first-order chi connectivity index (χ1) is 18.8. The number of amides is 1. The minimum Gasteiger partial charge on any atom is -0.335 e. The minimum atomic E-state index is -3.23. The number of hydrogen-bond acceptors (Lipinski definition) is 5. The maximum absolute atomic E-state index is 14.3. The molecule has 0 radical (unpaired) electrons. The zero-order valence-electron chi connectivity index (χ0n) is 21.9. The molecule has 4 heterocycles. The predicted octanol–water partition coefficient (Wildman–Crippen LogP) is 4.28. The molecule has 2 aliphatic heterocycles. The van der Waals surface area contributed by atoms with Gasteiger partial charge in [0.05, 0.1) is 18.3 Å². The summed E-state index contributed by atoms with van der Waals surface area (Å²) in [6, 6.07) is 9.85. The van der Waals surface area contributed by atoms with Crippen LogP contribution in [0.1, 0.15) is 54.0 Å². The number of nitrogens with zero attached hydrogens (tertiary/aromatic N) is 5. The Bertz CT molecular complexity index is 1510. The molecule has 1 aliphatic carbocycles. The van der Waals surface area contributed by atoms with Gasteiger partial charge in [-0.1, -0.05) is 23.7 Å². The number of benzene rings is 1. The van der Waals surface area contributed by atoms with E-state index in [-0.39, 0.29) is 23.8 Å². The average Bonchev–Trinajstić information content (AvgIpc) is 3.58. The molecular weight excluding hydrogens is 534 g/mol. The van der Waals surface area contributed by atoms with E-state index in [9.17, 15) is 13.2 Å². The number of sulfonamides is 1. The summed E-state index contributed by atoms with van der Waals surface area (Å²) in [5.41, 5.74) is 4.36. The Balaban J connectivity index is 1.40. The molecule has 0 saturated carbocycles. The lowest BCUT2D eigenvalue weighted by atomic mass is 9.76. The molecule has 0 N–H and O–H groups in total. The molecule has 0 spiro atoms. The monoisotopic (exact) mass is 565 g/mol. The molecule has 2 saturated heterocycles. The third kappa shape index (κ3) is 5.15. The highest BCUT2D eigenvalue weighted by Gasteiger charge is 2.38. The normalized spacial score (nSPS) is 22.2. The van der Waals surface area contributed by atoms with Crippen LogP contribution in [0.5, 0.6) is 0 Å². The van der Waals surface area contributed by atoms with E-state index in [1.807, 2.05) is 52.1 Å². The van der Waals surface area contributed by atoms with Gasteiger partial charge < -0.3 is 9.47 Å². The minimum absolute atomic E-state index is 0.00494. The number of carbonyl (C=O) groups excluding carboxylic acids is 1. The summed E-state index contributed by atoms with van der Waals surface area (Å²) in [6.45, 7) is 2.38. The molecule has 6 rings (SSSR count). The second-order valence-corrected chi connectivity index (χ2v) is 13.2. The van der Waals surface area contributed by atoms with Crippen LogP contribution in [0.15, 0.2) is 55.2 Å². The lowest BCUT2D eigenvalue weighted by Crippen LogP contribution is -2.39. The van der Waals surface area contributed by atoms with Crippen LogP contribution in [-0.4, -0.2) is 70.0 Å². The Morgan fingerprint density at radius 2 is 1.92 bits per heavy atom. The van der Waals surface area contributed by atoms with Crippen molar-refractivity contribution in [2.24, 2.45) is 5.92 Å². The predicted molar refractivity (Wildman–Crippen MR) is 152 cm³/mol. The van der Waals surface area contributed by atoms with Crippen molar-refractivity contribution >= 4 is 39.2 Å². The first-order valence-electron chi connectivity index (χ1n) is 13.5. The number of aromatic nitrogens is 3. The molecule has 204 valence electrons. The molecule has 8 nitrogen and oxygen atoms in total. The molecule has 1 unspecified atom stereocenters. The van der Waals surface area contributed by atoms with Gasteiger partial charge in [0, 0.05) is 72.9 Å². The second kappa shape index (κ2) is 10.5. The SMILES string of the molecule is CS(=O)(=O)N1CCC(C2c3ccc(Cl)cc3C=C(C(=O)N3CCC[C@@H]3Cn3ccnc3)c3cccnc32)CC1. The number of likely N-dealkylation sites (tertiary alicyclic amines) is 1. The third-order valence-corrected chi connectivity index (χ3v) is 9.93. The van der Waals surface area contributed by atoms with Gasteiger partial charge in [-0.2, -0.15) is 0 Å². The van der Waals surface area contributed by atoms with Crippen LogP contribution in [0, 0.1) is 5.92 Å². The van der Waals surface area contributed by atoms with Gasteiger partial charge in [-0.25, -0.2) is 17.7 Å². The van der Waals surface area contributed by atoms with Crippen LogP contribution in [0.25, 0.3) is 11.6 Å². The van der Waals surface area contributed by atoms with Gasteiger partial charge in [0.2, 0.25) is 10.0 Å². The average molecular weight is 566 g/mol. The summed E-state index contributed by atoms with van der Waals surface area (Å²) >= 11 is 6.48. The molecule has 1 amide bonds. The summed E-state index contributed by atoms with van der Waals surface area (Å²) < 4.78 is 27.9. The Kier molecular flexibility index (Phi) is 7.07. The lowest BCUT2D eigenvalue weighted by Gasteiger charge is -2.35. The number of pyridine rings is 1. The molecule has 2 aromatic heterocycles. The Morgan fingerprint density at radius 3 is 2.67 bits per heavy atom. The molecule has 1 aromatic carbocycles. The van der Waals surface area contributed by atoms with Gasteiger partial charge >= 0.3 is 0 Å². The van der Waals surface area contributed by atoms with Crippen molar-refractivity contribution < 1.29 is 13.2 Å². The second-order valence-electron chi connectivity index (χ2n) is 10.8. The van der Waals surface area contributed by atoms with Crippen molar-refractivity contribution in [1.82, 2.24) is 23.7 Å². The number of rotatable bonds is 5. The number of piperidine rings is 1.